The molecule has 2 heterocycles. The van der Waals surface area contributed by atoms with Crippen LogP contribution in [0.1, 0.15) is 17.1 Å². The van der Waals surface area contributed by atoms with Gasteiger partial charge in [-0.15, -0.1) is 13.2 Å². The van der Waals surface area contributed by atoms with Gasteiger partial charge in [0.25, 0.3) is 5.89 Å². The van der Waals surface area contributed by atoms with Crippen molar-refractivity contribution in [3.63, 3.8) is 0 Å². The number of rotatable bonds is 6. The minimum absolute atomic E-state index is 0.116. The minimum atomic E-state index is -4.82. The number of halogens is 3. The lowest BCUT2D eigenvalue weighted by Gasteiger charge is -2.15. The van der Waals surface area contributed by atoms with E-state index in [0.717, 1.165) is 12.1 Å². The maximum Gasteiger partial charge on any atom is 0.573 e. The number of nitrogens with zero attached hydrogens (tertiary/aromatic N) is 3. The molecule has 2 atom stereocenters. The molecule has 1 aromatic heterocycles. The van der Waals surface area contributed by atoms with Gasteiger partial charge in [0.2, 0.25) is 0 Å². The summed E-state index contributed by atoms with van der Waals surface area (Å²) in [6.45, 7) is 0.695. The molecule has 3 rings (SSSR count). The lowest BCUT2D eigenvalue weighted by atomic mass is 10.2. The number of amides is 1. The van der Waals surface area contributed by atoms with Crippen molar-refractivity contribution in [2.75, 3.05) is 20.3 Å². The maximum atomic E-state index is 12.4. The number of carbonyl (C=O) groups excluding carboxylic acids is 1. The van der Waals surface area contributed by atoms with Crippen molar-refractivity contribution >= 4 is 5.91 Å². The summed E-state index contributed by atoms with van der Waals surface area (Å²) in [5, 5.41) is 11.9. The second kappa shape index (κ2) is 8.40. The van der Waals surface area contributed by atoms with Crippen molar-refractivity contribution in [1.82, 2.24) is 15.2 Å². The Balaban J connectivity index is 1.67. The second-order valence-electron chi connectivity index (χ2n) is 6.37. The minimum Gasteiger partial charge on any atom is -0.432 e. The summed E-state index contributed by atoms with van der Waals surface area (Å²) in [6, 6.07) is 4.73. The molecule has 0 bridgehead atoms. The van der Waals surface area contributed by atoms with Crippen LogP contribution in [0.2, 0.25) is 0 Å². The van der Waals surface area contributed by atoms with Crippen molar-refractivity contribution in [2.24, 2.45) is 0 Å². The number of hydrogen-bond acceptors (Lipinski definition) is 7. The number of oxazole rings is 1. The van der Waals surface area contributed by atoms with Crippen LogP contribution in [0.5, 0.6) is 5.75 Å². The van der Waals surface area contributed by atoms with Gasteiger partial charge in [0.15, 0.2) is 12.0 Å². The van der Waals surface area contributed by atoms with E-state index in [0.29, 0.717) is 19.6 Å². The molecule has 154 valence electrons. The molecule has 1 amide bonds. The van der Waals surface area contributed by atoms with Gasteiger partial charge < -0.3 is 24.1 Å². The standard InChI is InChI=1S/C18H17F3N4O4/c1-27-9-13-6-12(8-25(13)10-22)24-16(26)17-23-7-15(28-17)11-3-2-4-14(5-11)29-18(19,20)21/h2-5,7,12-13H,6,8-9H2,1H3,(H,24,26)/t12-,13+/m1/s1. The summed E-state index contributed by atoms with van der Waals surface area (Å²) >= 11 is 0. The van der Waals surface area contributed by atoms with Gasteiger partial charge in [-0.2, -0.15) is 5.26 Å². The fourth-order valence-corrected chi connectivity index (χ4v) is 3.10. The number of carbonyl (C=O) groups is 1. The van der Waals surface area contributed by atoms with E-state index in [1.165, 1.54) is 30.3 Å². The summed E-state index contributed by atoms with van der Waals surface area (Å²) in [5.74, 6) is -1.12. The number of likely N-dealkylation sites (tertiary alicyclic amines) is 1. The molecular weight excluding hydrogens is 393 g/mol. The van der Waals surface area contributed by atoms with Crippen LogP contribution in [0.25, 0.3) is 11.3 Å². The van der Waals surface area contributed by atoms with Gasteiger partial charge in [0.05, 0.1) is 18.8 Å². The SMILES string of the molecule is COC[C@@H]1C[C@@H](NC(=O)c2ncc(-c3cccc(OC(F)(F)F)c3)o2)CN1C#N. The van der Waals surface area contributed by atoms with Crippen molar-refractivity contribution in [1.29, 1.82) is 5.26 Å². The lowest BCUT2D eigenvalue weighted by Crippen LogP contribution is -2.36. The number of methoxy groups -OCH3 is 1. The highest BCUT2D eigenvalue weighted by molar-refractivity contribution is 5.90. The van der Waals surface area contributed by atoms with Gasteiger partial charge in [0, 0.05) is 25.3 Å². The molecule has 11 heteroatoms. The zero-order valence-electron chi connectivity index (χ0n) is 15.3. The predicted octanol–water partition coefficient (Wildman–Crippen LogP) is 2.54. The van der Waals surface area contributed by atoms with E-state index in [2.05, 4.69) is 21.2 Å². The van der Waals surface area contributed by atoms with Crippen LogP contribution in [0.4, 0.5) is 13.2 Å². The van der Waals surface area contributed by atoms with Crippen molar-refractivity contribution in [2.45, 2.75) is 24.9 Å². The first-order valence-corrected chi connectivity index (χ1v) is 8.57. The Morgan fingerprint density at radius 2 is 2.28 bits per heavy atom. The number of nitriles is 1. The summed E-state index contributed by atoms with van der Waals surface area (Å²) < 4.78 is 51.4. The largest absolute Gasteiger partial charge is 0.573 e. The highest BCUT2D eigenvalue weighted by Gasteiger charge is 2.33. The highest BCUT2D eigenvalue weighted by atomic mass is 19.4. The third kappa shape index (κ3) is 5.17. The number of benzene rings is 1. The molecule has 2 aromatic rings. The number of ether oxygens (including phenoxy) is 2. The zero-order valence-corrected chi connectivity index (χ0v) is 15.3. The molecule has 1 saturated heterocycles. The Hall–Kier alpha value is -3.26. The van der Waals surface area contributed by atoms with Crippen molar-refractivity contribution < 1.29 is 31.9 Å². The summed E-state index contributed by atoms with van der Waals surface area (Å²) in [4.78, 5) is 17.8. The molecule has 1 fully saturated rings. The Kier molecular flexibility index (Phi) is 5.93. The molecule has 1 N–H and O–H groups in total. The van der Waals surface area contributed by atoms with Crippen molar-refractivity contribution in [3.8, 4) is 23.3 Å². The van der Waals surface area contributed by atoms with Gasteiger partial charge in [-0.05, 0) is 18.6 Å². The van der Waals surface area contributed by atoms with Crippen molar-refractivity contribution in [3.05, 3.63) is 36.4 Å². The summed E-state index contributed by atoms with van der Waals surface area (Å²) in [7, 11) is 1.53. The van der Waals surface area contributed by atoms with Gasteiger partial charge in [-0.1, -0.05) is 12.1 Å². The summed E-state index contributed by atoms with van der Waals surface area (Å²) in [6.07, 6.45) is -0.988. The van der Waals surface area contributed by atoms with E-state index in [9.17, 15) is 18.0 Å². The van der Waals surface area contributed by atoms with Crippen LogP contribution in [0.15, 0.2) is 34.9 Å². The first-order chi connectivity index (χ1) is 13.8. The molecule has 0 unspecified atom stereocenters. The van der Waals surface area contributed by atoms with Crippen LogP contribution in [-0.2, 0) is 4.74 Å². The van der Waals surface area contributed by atoms with Crippen LogP contribution >= 0.6 is 0 Å². The van der Waals surface area contributed by atoms with Gasteiger partial charge in [-0.25, -0.2) is 4.98 Å². The van der Waals surface area contributed by atoms with E-state index in [1.807, 2.05) is 0 Å². The lowest BCUT2D eigenvalue weighted by molar-refractivity contribution is -0.274. The Morgan fingerprint density at radius 1 is 1.48 bits per heavy atom. The van der Waals surface area contributed by atoms with E-state index in [4.69, 9.17) is 14.4 Å². The topological polar surface area (TPSA) is 101 Å². The molecule has 1 aliphatic rings. The van der Waals surface area contributed by atoms with E-state index < -0.39 is 18.0 Å². The van der Waals surface area contributed by atoms with Crippen LogP contribution in [0.3, 0.4) is 0 Å². The average molecular weight is 410 g/mol. The zero-order chi connectivity index (χ0) is 21.0. The number of alkyl halides is 3. The van der Waals surface area contributed by atoms with E-state index in [-0.39, 0.29) is 29.3 Å². The summed E-state index contributed by atoms with van der Waals surface area (Å²) in [5.41, 5.74) is 0.273. The number of hydrogen-bond donors (Lipinski definition) is 1. The Bertz CT molecular complexity index is 909. The first-order valence-electron chi connectivity index (χ1n) is 8.57. The highest BCUT2D eigenvalue weighted by Crippen LogP contribution is 2.28. The fraction of sp³-hybridized carbons (Fsp3) is 0.389. The predicted molar refractivity (Wildman–Crippen MR) is 92.5 cm³/mol. The maximum absolute atomic E-state index is 12.4. The third-order valence-corrected chi connectivity index (χ3v) is 4.29. The molecular formula is C18H17F3N4O4. The number of nitrogens with one attached hydrogen (secondary N) is 1. The third-order valence-electron chi connectivity index (χ3n) is 4.29. The van der Waals surface area contributed by atoms with Gasteiger partial charge in [-0.3, -0.25) is 4.79 Å². The average Bonchev–Trinajstić information content (AvgIpc) is 3.28. The van der Waals surface area contributed by atoms with Crippen LogP contribution in [-0.4, -0.2) is 54.5 Å². The Morgan fingerprint density at radius 3 is 2.97 bits per heavy atom. The normalized spacial score (nSPS) is 19.1. The Labute approximate surface area is 163 Å². The first kappa shape index (κ1) is 20.5. The molecule has 0 radical (unpaired) electrons. The molecule has 8 nitrogen and oxygen atoms in total. The smallest absolute Gasteiger partial charge is 0.432 e. The quantitative estimate of drug-likeness (QED) is 0.731. The molecule has 0 saturated carbocycles. The molecule has 29 heavy (non-hydrogen) atoms. The fourth-order valence-electron chi connectivity index (χ4n) is 3.10. The van der Waals surface area contributed by atoms with Gasteiger partial charge in [0.1, 0.15) is 5.75 Å². The molecule has 0 aliphatic carbocycles. The molecule has 1 aliphatic heterocycles. The van der Waals surface area contributed by atoms with Crippen LogP contribution < -0.4 is 10.1 Å². The molecule has 1 aromatic carbocycles. The second-order valence-corrected chi connectivity index (χ2v) is 6.37. The van der Waals surface area contributed by atoms with Crippen LogP contribution in [0, 0.1) is 11.5 Å². The van der Waals surface area contributed by atoms with E-state index in [1.54, 1.807) is 0 Å². The van der Waals surface area contributed by atoms with E-state index >= 15 is 0 Å². The number of aromatic nitrogens is 1. The molecule has 0 spiro atoms. The monoisotopic (exact) mass is 410 g/mol. The van der Waals surface area contributed by atoms with Gasteiger partial charge >= 0.3 is 12.3 Å².